The fraction of sp³-hybridized carbons (Fsp3) is 0.333. The molecule has 1 aromatic heterocycles. The molecule has 2 heterocycles. The van der Waals surface area contributed by atoms with Gasteiger partial charge in [0.25, 0.3) is 0 Å². The van der Waals surface area contributed by atoms with Crippen molar-refractivity contribution in [2.45, 2.75) is 13.0 Å². The SMILES string of the molecule is CC1C(c2nn(C)cc2-c2ccc(Br)cc2)=NNC1CO. The number of benzene rings is 1. The molecular weight excluding hydrogens is 332 g/mol. The molecule has 0 bridgehead atoms. The molecule has 2 unspecified atom stereocenters. The van der Waals surface area contributed by atoms with Crippen LogP contribution < -0.4 is 5.43 Å². The van der Waals surface area contributed by atoms with Gasteiger partial charge in [-0.2, -0.15) is 10.2 Å². The van der Waals surface area contributed by atoms with Crippen LogP contribution in [0, 0.1) is 5.92 Å². The van der Waals surface area contributed by atoms with Crippen LogP contribution in [-0.2, 0) is 7.05 Å². The molecule has 0 fully saturated rings. The Balaban J connectivity index is 2.03. The second-order valence-electron chi connectivity index (χ2n) is 5.28. The number of hydrazone groups is 1. The lowest BCUT2D eigenvalue weighted by Crippen LogP contribution is -2.31. The Morgan fingerprint density at radius 2 is 2.05 bits per heavy atom. The lowest BCUT2D eigenvalue weighted by atomic mass is 9.93. The number of aliphatic hydroxyl groups excluding tert-OH is 1. The Morgan fingerprint density at radius 1 is 1.33 bits per heavy atom. The third-order valence-electron chi connectivity index (χ3n) is 3.81. The molecule has 1 aromatic carbocycles. The van der Waals surface area contributed by atoms with Crippen LogP contribution in [0.15, 0.2) is 40.0 Å². The van der Waals surface area contributed by atoms with E-state index in [2.05, 4.69) is 50.6 Å². The van der Waals surface area contributed by atoms with Gasteiger partial charge in [0, 0.05) is 29.2 Å². The van der Waals surface area contributed by atoms with E-state index in [1.807, 2.05) is 25.4 Å². The molecule has 0 radical (unpaired) electrons. The van der Waals surface area contributed by atoms with Crippen LogP contribution in [0.3, 0.4) is 0 Å². The maximum absolute atomic E-state index is 9.36. The molecule has 2 N–H and O–H groups in total. The van der Waals surface area contributed by atoms with E-state index >= 15 is 0 Å². The van der Waals surface area contributed by atoms with Gasteiger partial charge in [-0.3, -0.25) is 4.68 Å². The number of aromatic nitrogens is 2. The van der Waals surface area contributed by atoms with Crippen molar-refractivity contribution >= 4 is 21.6 Å². The van der Waals surface area contributed by atoms with Gasteiger partial charge >= 0.3 is 0 Å². The normalized spacial score (nSPS) is 21.2. The van der Waals surface area contributed by atoms with Crippen molar-refractivity contribution in [1.29, 1.82) is 0 Å². The quantitative estimate of drug-likeness (QED) is 0.893. The zero-order chi connectivity index (χ0) is 15.0. The summed E-state index contributed by atoms with van der Waals surface area (Å²) in [7, 11) is 1.91. The van der Waals surface area contributed by atoms with Gasteiger partial charge in [-0.1, -0.05) is 35.0 Å². The van der Waals surface area contributed by atoms with Gasteiger partial charge in [-0.25, -0.2) is 0 Å². The second kappa shape index (κ2) is 5.61. The monoisotopic (exact) mass is 348 g/mol. The van der Waals surface area contributed by atoms with Crippen LogP contribution in [0.25, 0.3) is 11.1 Å². The summed E-state index contributed by atoms with van der Waals surface area (Å²) in [4.78, 5) is 0. The Hall–Kier alpha value is -1.66. The maximum Gasteiger partial charge on any atom is 0.116 e. The molecule has 0 saturated carbocycles. The van der Waals surface area contributed by atoms with E-state index in [4.69, 9.17) is 0 Å². The predicted octanol–water partition coefficient (Wildman–Crippen LogP) is 2.15. The first-order chi connectivity index (χ1) is 10.1. The summed E-state index contributed by atoms with van der Waals surface area (Å²) in [6.45, 7) is 2.12. The lowest BCUT2D eigenvalue weighted by Gasteiger charge is -2.13. The molecule has 5 nitrogen and oxygen atoms in total. The minimum Gasteiger partial charge on any atom is -0.394 e. The molecule has 0 saturated heterocycles. The zero-order valence-corrected chi connectivity index (χ0v) is 13.5. The average Bonchev–Trinajstić information content (AvgIpc) is 3.02. The van der Waals surface area contributed by atoms with Crippen molar-refractivity contribution in [3.63, 3.8) is 0 Å². The Kier molecular flexibility index (Phi) is 3.82. The van der Waals surface area contributed by atoms with Crippen LogP contribution in [-0.4, -0.2) is 33.2 Å². The third-order valence-corrected chi connectivity index (χ3v) is 4.34. The summed E-state index contributed by atoms with van der Waals surface area (Å²) in [6, 6.07) is 8.10. The summed E-state index contributed by atoms with van der Waals surface area (Å²) in [6.07, 6.45) is 2.00. The van der Waals surface area contributed by atoms with E-state index in [-0.39, 0.29) is 18.6 Å². The highest BCUT2D eigenvalue weighted by atomic mass is 79.9. The summed E-state index contributed by atoms with van der Waals surface area (Å²) in [5, 5.41) is 18.3. The topological polar surface area (TPSA) is 62.4 Å². The first-order valence-corrected chi connectivity index (χ1v) is 7.63. The molecule has 21 heavy (non-hydrogen) atoms. The summed E-state index contributed by atoms with van der Waals surface area (Å²) in [5.74, 6) is 0.124. The molecule has 2 aromatic rings. The molecule has 1 aliphatic heterocycles. The molecule has 1 aliphatic rings. The Bertz CT molecular complexity index is 677. The predicted molar refractivity (Wildman–Crippen MR) is 86.1 cm³/mol. The van der Waals surface area contributed by atoms with Gasteiger partial charge in [0.2, 0.25) is 0 Å². The number of hydrogen-bond acceptors (Lipinski definition) is 4. The van der Waals surface area contributed by atoms with E-state index < -0.39 is 0 Å². The van der Waals surface area contributed by atoms with Crippen LogP contribution in [0.5, 0.6) is 0 Å². The Labute approximate surface area is 131 Å². The first-order valence-electron chi connectivity index (χ1n) is 6.84. The van der Waals surface area contributed by atoms with Gasteiger partial charge in [0.1, 0.15) is 5.69 Å². The minimum atomic E-state index is -0.0419. The number of nitrogens with zero attached hydrogens (tertiary/aromatic N) is 3. The van der Waals surface area contributed by atoms with Crippen molar-refractivity contribution in [3.05, 3.63) is 40.6 Å². The number of nitrogens with one attached hydrogen (secondary N) is 1. The summed E-state index contributed by atoms with van der Waals surface area (Å²) < 4.78 is 2.85. The molecule has 0 amide bonds. The number of hydrogen-bond donors (Lipinski definition) is 2. The molecule has 6 heteroatoms. The van der Waals surface area contributed by atoms with Gasteiger partial charge in [-0.05, 0) is 17.7 Å². The van der Waals surface area contributed by atoms with Crippen LogP contribution in [0.1, 0.15) is 12.6 Å². The van der Waals surface area contributed by atoms with Gasteiger partial charge in [0.15, 0.2) is 0 Å². The molecule has 110 valence electrons. The highest BCUT2D eigenvalue weighted by molar-refractivity contribution is 9.10. The summed E-state index contributed by atoms with van der Waals surface area (Å²) in [5.41, 5.74) is 6.90. The Morgan fingerprint density at radius 3 is 2.67 bits per heavy atom. The van der Waals surface area contributed by atoms with Crippen LogP contribution >= 0.6 is 15.9 Å². The van der Waals surface area contributed by atoms with E-state index in [9.17, 15) is 5.11 Å². The van der Waals surface area contributed by atoms with Crippen molar-refractivity contribution in [2.75, 3.05) is 6.61 Å². The third kappa shape index (κ3) is 2.61. The largest absolute Gasteiger partial charge is 0.394 e. The molecule has 3 rings (SSSR count). The standard InChI is InChI=1S/C15H17BrN4O/c1-9-13(8-21)17-18-14(9)15-12(7-20(2)19-15)10-3-5-11(16)6-4-10/h3-7,9,13,17,21H,8H2,1-2H3. The number of aryl methyl sites for hydroxylation is 1. The van der Waals surface area contributed by atoms with E-state index in [0.29, 0.717) is 0 Å². The first kappa shape index (κ1) is 14.3. The minimum absolute atomic E-state index is 0.0419. The number of rotatable bonds is 3. The highest BCUT2D eigenvalue weighted by Gasteiger charge is 2.31. The van der Waals surface area contributed by atoms with Gasteiger partial charge in [-0.15, -0.1) is 0 Å². The highest BCUT2D eigenvalue weighted by Crippen LogP contribution is 2.28. The smallest absolute Gasteiger partial charge is 0.116 e. The molecule has 0 aliphatic carbocycles. The molecule has 0 spiro atoms. The van der Waals surface area contributed by atoms with Crippen LogP contribution in [0.2, 0.25) is 0 Å². The van der Waals surface area contributed by atoms with Crippen molar-refractivity contribution in [2.24, 2.45) is 18.1 Å². The fourth-order valence-electron chi connectivity index (χ4n) is 2.54. The molecular formula is C15H17BrN4O. The average molecular weight is 349 g/mol. The van der Waals surface area contributed by atoms with E-state index in [1.54, 1.807) is 4.68 Å². The maximum atomic E-state index is 9.36. The second-order valence-corrected chi connectivity index (χ2v) is 6.19. The zero-order valence-electron chi connectivity index (χ0n) is 11.9. The number of halogens is 1. The molecule has 2 atom stereocenters. The van der Waals surface area contributed by atoms with Gasteiger partial charge < -0.3 is 10.5 Å². The van der Waals surface area contributed by atoms with Crippen molar-refractivity contribution in [3.8, 4) is 11.1 Å². The van der Waals surface area contributed by atoms with Crippen molar-refractivity contribution < 1.29 is 5.11 Å². The van der Waals surface area contributed by atoms with Gasteiger partial charge in [0.05, 0.1) is 18.4 Å². The van der Waals surface area contributed by atoms with Crippen molar-refractivity contribution in [1.82, 2.24) is 15.2 Å². The number of aliphatic hydroxyl groups is 1. The fourth-order valence-corrected chi connectivity index (χ4v) is 2.81. The van der Waals surface area contributed by atoms with E-state index in [1.165, 1.54) is 0 Å². The lowest BCUT2D eigenvalue weighted by molar-refractivity contribution is 0.235. The van der Waals surface area contributed by atoms with E-state index in [0.717, 1.165) is 27.0 Å². The van der Waals surface area contributed by atoms with Crippen LogP contribution in [0.4, 0.5) is 0 Å². The summed E-state index contributed by atoms with van der Waals surface area (Å²) >= 11 is 3.45.